The molecule has 1 aliphatic heterocycles. The van der Waals surface area contributed by atoms with Crippen LogP contribution in [0.2, 0.25) is 0 Å². The Morgan fingerprint density at radius 1 is 1.62 bits per heavy atom. The highest BCUT2D eigenvalue weighted by Gasteiger charge is 2.33. The summed E-state index contributed by atoms with van der Waals surface area (Å²) in [7, 11) is 0. The number of nitrogens with zero attached hydrogens (tertiary/aromatic N) is 1. The molecule has 2 heterocycles. The molecule has 1 aromatic heterocycles. The largest absolute Gasteiger partial charge is 0.476 e. The minimum absolute atomic E-state index is 0.0135. The van der Waals surface area contributed by atoms with Crippen LogP contribution in [0.5, 0.6) is 0 Å². The first-order valence-corrected chi connectivity index (χ1v) is 5.52. The van der Waals surface area contributed by atoms with Gasteiger partial charge in [0, 0.05) is 6.54 Å². The number of aromatic carboxylic acids is 1. The molecule has 0 bridgehead atoms. The lowest BCUT2D eigenvalue weighted by molar-refractivity contribution is 0.0690. The van der Waals surface area contributed by atoms with Crippen molar-refractivity contribution in [2.75, 3.05) is 13.1 Å². The van der Waals surface area contributed by atoms with Gasteiger partial charge in [-0.25, -0.2) is 9.78 Å². The number of nitrogens with one attached hydrogen (secondary N) is 1. The number of carboxylic acids is 1. The van der Waals surface area contributed by atoms with Crippen molar-refractivity contribution in [3.8, 4) is 0 Å². The van der Waals surface area contributed by atoms with Crippen molar-refractivity contribution >= 4 is 5.97 Å². The van der Waals surface area contributed by atoms with E-state index in [0.29, 0.717) is 5.89 Å². The lowest BCUT2D eigenvalue weighted by Gasteiger charge is -2.23. The number of rotatable bonds is 2. The quantitative estimate of drug-likeness (QED) is 0.794. The zero-order chi connectivity index (χ0) is 11.6. The van der Waals surface area contributed by atoms with Gasteiger partial charge in [-0.1, -0.05) is 6.42 Å². The monoisotopic (exact) mass is 224 g/mol. The van der Waals surface area contributed by atoms with Crippen LogP contribution in [0.3, 0.4) is 0 Å². The van der Waals surface area contributed by atoms with Gasteiger partial charge in [0.25, 0.3) is 0 Å². The molecule has 1 fully saturated rings. The molecule has 1 unspecified atom stereocenters. The molecule has 0 saturated carbocycles. The smallest absolute Gasteiger partial charge is 0.357 e. The van der Waals surface area contributed by atoms with E-state index in [1.54, 1.807) is 0 Å². The van der Waals surface area contributed by atoms with Crippen LogP contribution in [0, 0.1) is 0 Å². The third kappa shape index (κ3) is 2.09. The summed E-state index contributed by atoms with van der Waals surface area (Å²) in [5.74, 6) is -0.514. The molecule has 0 aromatic carbocycles. The summed E-state index contributed by atoms with van der Waals surface area (Å²) in [5.41, 5.74) is -0.204. The molecule has 0 spiro atoms. The Morgan fingerprint density at radius 2 is 2.44 bits per heavy atom. The predicted molar refractivity (Wildman–Crippen MR) is 57.5 cm³/mol. The van der Waals surface area contributed by atoms with Crippen molar-refractivity contribution < 1.29 is 14.3 Å². The van der Waals surface area contributed by atoms with Crippen LogP contribution in [0.25, 0.3) is 0 Å². The van der Waals surface area contributed by atoms with Crippen molar-refractivity contribution in [1.82, 2.24) is 10.3 Å². The first kappa shape index (κ1) is 11.1. The van der Waals surface area contributed by atoms with E-state index in [-0.39, 0.29) is 11.1 Å². The molecular formula is C11H16N2O3. The van der Waals surface area contributed by atoms with E-state index < -0.39 is 5.97 Å². The molecule has 0 aliphatic carbocycles. The van der Waals surface area contributed by atoms with Crippen molar-refractivity contribution in [2.45, 2.75) is 31.6 Å². The highest BCUT2D eigenvalue weighted by atomic mass is 16.4. The van der Waals surface area contributed by atoms with Crippen molar-refractivity contribution in [1.29, 1.82) is 0 Å². The molecule has 1 aliphatic rings. The molecule has 2 N–H and O–H groups in total. The van der Waals surface area contributed by atoms with Gasteiger partial charge in [0.2, 0.25) is 5.89 Å². The minimum atomic E-state index is -1.04. The normalized spacial score (nSPS) is 26.3. The number of oxazole rings is 1. The van der Waals surface area contributed by atoms with Crippen LogP contribution in [-0.4, -0.2) is 29.1 Å². The number of hydrogen-bond donors (Lipinski definition) is 2. The predicted octanol–water partition coefficient (Wildman–Crippen LogP) is 1.40. The van der Waals surface area contributed by atoms with Crippen LogP contribution >= 0.6 is 0 Å². The molecule has 88 valence electrons. The summed E-state index contributed by atoms with van der Waals surface area (Å²) >= 11 is 0. The fourth-order valence-corrected chi connectivity index (χ4v) is 2.05. The Hall–Kier alpha value is -1.36. The van der Waals surface area contributed by atoms with Crippen LogP contribution in [0.15, 0.2) is 10.7 Å². The highest BCUT2D eigenvalue weighted by molar-refractivity contribution is 5.84. The van der Waals surface area contributed by atoms with E-state index in [1.807, 2.05) is 0 Å². The van der Waals surface area contributed by atoms with Gasteiger partial charge in [-0.05, 0) is 26.3 Å². The van der Waals surface area contributed by atoms with Gasteiger partial charge in [-0.2, -0.15) is 0 Å². The summed E-state index contributed by atoms with van der Waals surface area (Å²) in [4.78, 5) is 14.8. The van der Waals surface area contributed by atoms with E-state index >= 15 is 0 Å². The van der Waals surface area contributed by atoms with Gasteiger partial charge in [-0.3, -0.25) is 0 Å². The second-order valence-electron chi connectivity index (χ2n) is 4.54. The van der Waals surface area contributed by atoms with Gasteiger partial charge >= 0.3 is 5.97 Å². The topological polar surface area (TPSA) is 75.4 Å². The van der Waals surface area contributed by atoms with Gasteiger partial charge in [0.1, 0.15) is 6.26 Å². The van der Waals surface area contributed by atoms with E-state index in [2.05, 4.69) is 17.2 Å². The maximum atomic E-state index is 10.7. The van der Waals surface area contributed by atoms with Crippen molar-refractivity contribution in [2.24, 2.45) is 0 Å². The second-order valence-corrected chi connectivity index (χ2v) is 4.54. The first-order chi connectivity index (χ1) is 7.62. The Morgan fingerprint density at radius 3 is 3.12 bits per heavy atom. The Bertz CT molecular complexity index is 378. The Balaban J connectivity index is 2.23. The third-order valence-corrected chi connectivity index (χ3v) is 3.09. The van der Waals surface area contributed by atoms with Crippen molar-refractivity contribution in [3.05, 3.63) is 17.8 Å². The molecule has 0 radical (unpaired) electrons. The minimum Gasteiger partial charge on any atom is -0.476 e. The van der Waals surface area contributed by atoms with E-state index in [1.165, 1.54) is 6.26 Å². The molecule has 1 atom stereocenters. The van der Waals surface area contributed by atoms with E-state index in [0.717, 1.165) is 32.4 Å². The summed E-state index contributed by atoms with van der Waals surface area (Å²) in [6.07, 6.45) is 4.43. The van der Waals surface area contributed by atoms with Crippen LogP contribution in [0.4, 0.5) is 0 Å². The Labute approximate surface area is 93.9 Å². The zero-order valence-corrected chi connectivity index (χ0v) is 9.32. The van der Waals surface area contributed by atoms with Gasteiger partial charge in [-0.15, -0.1) is 0 Å². The lowest BCUT2D eigenvalue weighted by Crippen LogP contribution is -2.34. The zero-order valence-electron chi connectivity index (χ0n) is 9.32. The van der Waals surface area contributed by atoms with Crippen molar-refractivity contribution in [3.63, 3.8) is 0 Å². The first-order valence-electron chi connectivity index (χ1n) is 5.52. The molecule has 0 amide bonds. The summed E-state index contributed by atoms with van der Waals surface area (Å²) in [5, 5.41) is 12.1. The lowest BCUT2D eigenvalue weighted by atomic mass is 9.85. The van der Waals surface area contributed by atoms with Crippen LogP contribution < -0.4 is 5.32 Å². The second kappa shape index (κ2) is 4.25. The third-order valence-electron chi connectivity index (χ3n) is 3.09. The molecule has 5 heteroatoms. The number of carboxylic acid groups (broad SMARTS) is 1. The molecule has 16 heavy (non-hydrogen) atoms. The molecular weight excluding hydrogens is 208 g/mol. The van der Waals surface area contributed by atoms with Gasteiger partial charge < -0.3 is 14.8 Å². The maximum Gasteiger partial charge on any atom is 0.357 e. The number of carbonyl (C=O) groups is 1. The molecule has 1 saturated heterocycles. The van der Waals surface area contributed by atoms with E-state index in [9.17, 15) is 4.79 Å². The fraction of sp³-hybridized carbons (Fsp3) is 0.636. The van der Waals surface area contributed by atoms with Crippen LogP contribution in [0.1, 0.15) is 42.6 Å². The fourth-order valence-electron chi connectivity index (χ4n) is 2.05. The number of aromatic nitrogens is 1. The SMILES string of the molecule is CC1(c2nc(C(=O)O)co2)CCCCNC1. The number of hydrogen-bond acceptors (Lipinski definition) is 4. The van der Waals surface area contributed by atoms with Gasteiger partial charge in [0.15, 0.2) is 5.69 Å². The van der Waals surface area contributed by atoms with Crippen LogP contribution in [-0.2, 0) is 5.41 Å². The summed E-state index contributed by atoms with van der Waals surface area (Å²) in [6.45, 7) is 3.84. The maximum absolute atomic E-state index is 10.7. The standard InChI is InChI=1S/C11H16N2O3/c1-11(4-2-3-5-12-7-11)10-13-8(6-16-10)9(14)15/h6,12H,2-5,7H2,1H3,(H,14,15). The molecule has 2 rings (SSSR count). The van der Waals surface area contributed by atoms with Gasteiger partial charge in [0.05, 0.1) is 5.41 Å². The average molecular weight is 224 g/mol. The summed E-state index contributed by atoms with van der Waals surface area (Å²) in [6, 6.07) is 0. The van der Waals surface area contributed by atoms with E-state index in [4.69, 9.17) is 9.52 Å². The Kier molecular flexibility index (Phi) is 2.96. The summed E-state index contributed by atoms with van der Waals surface area (Å²) < 4.78 is 5.29. The average Bonchev–Trinajstić information content (AvgIpc) is 2.64. The molecule has 1 aromatic rings. The molecule has 5 nitrogen and oxygen atoms in total. The highest BCUT2D eigenvalue weighted by Crippen LogP contribution is 2.29.